The monoisotopic (exact) mass is 345 g/mol. The smallest absolute Gasteiger partial charge is 0.336 e. The number of carboxylic acid groups (broad SMARTS) is 1. The second-order valence-electron chi connectivity index (χ2n) is 3.58. The summed E-state index contributed by atoms with van der Waals surface area (Å²) in [5.74, 6) is -0.905. The highest BCUT2D eigenvalue weighted by Crippen LogP contribution is 2.26. The van der Waals surface area contributed by atoms with Crippen LogP contribution in [-0.4, -0.2) is 11.1 Å². The predicted octanol–water partition coefficient (Wildman–Crippen LogP) is 4.47. The molecular formula is C12H9BrClNO2S. The van der Waals surface area contributed by atoms with E-state index in [0.717, 1.165) is 15.0 Å². The van der Waals surface area contributed by atoms with Crippen molar-refractivity contribution in [3.63, 3.8) is 0 Å². The van der Waals surface area contributed by atoms with Crippen LogP contribution < -0.4 is 5.32 Å². The molecule has 0 aliphatic heterocycles. The lowest BCUT2D eigenvalue weighted by Crippen LogP contribution is -1.98. The Morgan fingerprint density at radius 2 is 2.22 bits per heavy atom. The van der Waals surface area contributed by atoms with Crippen LogP contribution >= 0.6 is 38.9 Å². The summed E-state index contributed by atoms with van der Waals surface area (Å²) >= 11 is 10.8. The fourth-order valence-corrected chi connectivity index (χ4v) is 2.74. The van der Waals surface area contributed by atoms with Crippen LogP contribution in [0.3, 0.4) is 0 Å². The van der Waals surface area contributed by atoms with Gasteiger partial charge >= 0.3 is 5.97 Å². The summed E-state index contributed by atoms with van der Waals surface area (Å²) in [5.41, 5.74) is 1.13. The van der Waals surface area contributed by atoms with Crippen molar-refractivity contribution in [2.45, 2.75) is 6.54 Å². The number of rotatable bonds is 4. The Bertz CT molecular complexity index is 585. The molecule has 0 fully saturated rings. The molecule has 1 heterocycles. The van der Waals surface area contributed by atoms with Crippen LogP contribution in [0.2, 0.25) is 5.02 Å². The molecule has 0 unspecified atom stereocenters. The number of benzene rings is 1. The second-order valence-corrected chi connectivity index (χ2v) is 5.90. The number of thiophene rings is 1. The first-order chi connectivity index (χ1) is 8.56. The number of halogens is 2. The van der Waals surface area contributed by atoms with E-state index >= 15 is 0 Å². The number of carboxylic acids is 1. The molecule has 18 heavy (non-hydrogen) atoms. The van der Waals surface area contributed by atoms with Gasteiger partial charge in [0.2, 0.25) is 0 Å². The summed E-state index contributed by atoms with van der Waals surface area (Å²) in [7, 11) is 0. The van der Waals surface area contributed by atoms with Crippen LogP contribution in [0.5, 0.6) is 0 Å². The van der Waals surface area contributed by atoms with Crippen molar-refractivity contribution < 1.29 is 9.90 Å². The van der Waals surface area contributed by atoms with Crippen molar-refractivity contribution in [1.29, 1.82) is 0 Å². The minimum atomic E-state index is -0.905. The van der Waals surface area contributed by atoms with E-state index in [4.69, 9.17) is 16.7 Å². The van der Waals surface area contributed by atoms with Crippen LogP contribution in [0.15, 0.2) is 34.1 Å². The van der Waals surface area contributed by atoms with E-state index in [9.17, 15) is 4.79 Å². The van der Waals surface area contributed by atoms with E-state index in [1.165, 1.54) is 11.3 Å². The topological polar surface area (TPSA) is 49.3 Å². The highest BCUT2D eigenvalue weighted by Gasteiger charge is 2.07. The second kappa shape index (κ2) is 5.73. The summed E-state index contributed by atoms with van der Waals surface area (Å²) in [6.45, 7) is 0.550. The number of aromatic carboxylic acids is 1. The first kappa shape index (κ1) is 13.4. The lowest BCUT2D eigenvalue weighted by Gasteiger charge is -2.07. The molecule has 0 aliphatic carbocycles. The molecule has 3 nitrogen and oxygen atoms in total. The Hall–Kier alpha value is -1.04. The lowest BCUT2D eigenvalue weighted by molar-refractivity contribution is 0.0697. The molecule has 2 aromatic rings. The van der Waals surface area contributed by atoms with Crippen molar-refractivity contribution in [3.05, 3.63) is 49.6 Å². The number of nitrogens with one attached hydrogen (secondary N) is 1. The molecule has 0 bridgehead atoms. The first-order valence-electron chi connectivity index (χ1n) is 5.06. The van der Waals surface area contributed by atoms with E-state index < -0.39 is 5.97 Å². The summed E-state index contributed by atoms with van der Waals surface area (Å²) in [6.07, 6.45) is 0. The first-order valence-corrected chi connectivity index (χ1v) is 7.11. The van der Waals surface area contributed by atoms with E-state index in [1.807, 2.05) is 12.1 Å². The highest BCUT2D eigenvalue weighted by molar-refractivity contribution is 9.10. The largest absolute Gasteiger partial charge is 0.478 e. The minimum absolute atomic E-state index is 0.317. The van der Waals surface area contributed by atoms with Gasteiger partial charge in [-0.15, -0.1) is 11.3 Å². The molecule has 94 valence electrons. The van der Waals surface area contributed by atoms with E-state index in [-0.39, 0.29) is 0 Å². The normalized spacial score (nSPS) is 10.3. The summed E-state index contributed by atoms with van der Waals surface area (Å²) in [4.78, 5) is 11.7. The Labute approximate surface area is 122 Å². The average molecular weight is 347 g/mol. The van der Waals surface area contributed by atoms with E-state index in [1.54, 1.807) is 17.5 Å². The summed E-state index contributed by atoms with van der Waals surface area (Å²) in [5, 5.41) is 14.3. The summed E-state index contributed by atoms with van der Waals surface area (Å²) < 4.78 is 0.937. The Morgan fingerprint density at radius 1 is 1.44 bits per heavy atom. The standard InChI is InChI=1S/C12H9BrClNO2S/c13-8-1-2-10(14)11(4-8)15-5-9-3-7(6-18-9)12(16)17/h1-4,6,15H,5H2,(H,16,17). The minimum Gasteiger partial charge on any atom is -0.478 e. The quantitative estimate of drug-likeness (QED) is 0.858. The zero-order valence-electron chi connectivity index (χ0n) is 9.11. The SMILES string of the molecule is O=C(O)c1csc(CNc2cc(Br)ccc2Cl)c1. The van der Waals surface area contributed by atoms with Gasteiger partial charge in [-0.3, -0.25) is 0 Å². The van der Waals surface area contributed by atoms with E-state index in [2.05, 4.69) is 21.2 Å². The fourth-order valence-electron chi connectivity index (χ4n) is 1.40. The van der Waals surface area contributed by atoms with Crippen LogP contribution in [0, 0.1) is 0 Å². The van der Waals surface area contributed by atoms with Gasteiger partial charge < -0.3 is 10.4 Å². The van der Waals surface area contributed by atoms with E-state index in [0.29, 0.717) is 17.1 Å². The Balaban J connectivity index is 2.06. The summed E-state index contributed by atoms with van der Waals surface area (Å²) in [6, 6.07) is 7.20. The van der Waals surface area contributed by atoms with Crippen LogP contribution in [-0.2, 0) is 6.54 Å². The van der Waals surface area contributed by atoms with Crippen molar-refractivity contribution in [2.75, 3.05) is 5.32 Å². The lowest BCUT2D eigenvalue weighted by atomic mass is 10.3. The molecule has 1 aromatic heterocycles. The van der Waals surface area contributed by atoms with Crippen molar-refractivity contribution in [3.8, 4) is 0 Å². The van der Waals surface area contributed by atoms with Gasteiger partial charge in [-0.25, -0.2) is 4.79 Å². The Kier molecular flexibility index (Phi) is 4.27. The maximum absolute atomic E-state index is 10.7. The molecular weight excluding hydrogens is 338 g/mol. The zero-order chi connectivity index (χ0) is 13.1. The molecule has 6 heteroatoms. The zero-order valence-corrected chi connectivity index (χ0v) is 12.3. The molecule has 1 aromatic carbocycles. The molecule has 0 amide bonds. The van der Waals surface area contributed by atoms with Gasteiger partial charge in [-0.2, -0.15) is 0 Å². The molecule has 0 spiro atoms. The maximum Gasteiger partial charge on any atom is 0.336 e. The molecule has 0 saturated carbocycles. The van der Waals surface area contributed by atoms with Crippen LogP contribution in [0.25, 0.3) is 0 Å². The maximum atomic E-state index is 10.7. The Morgan fingerprint density at radius 3 is 2.89 bits per heavy atom. The van der Waals surface area contributed by atoms with Gasteiger partial charge in [0, 0.05) is 21.3 Å². The predicted molar refractivity (Wildman–Crippen MR) is 77.8 cm³/mol. The van der Waals surface area contributed by atoms with Gasteiger partial charge in [-0.05, 0) is 24.3 Å². The van der Waals surface area contributed by atoms with Crippen molar-refractivity contribution in [1.82, 2.24) is 0 Å². The van der Waals surface area contributed by atoms with Gasteiger partial charge in [0.05, 0.1) is 16.3 Å². The molecule has 0 atom stereocenters. The number of hydrogen-bond acceptors (Lipinski definition) is 3. The number of carbonyl (C=O) groups is 1. The fraction of sp³-hybridized carbons (Fsp3) is 0.0833. The van der Waals surface area contributed by atoms with Crippen LogP contribution in [0.1, 0.15) is 15.2 Å². The van der Waals surface area contributed by atoms with Gasteiger partial charge in [0.1, 0.15) is 0 Å². The van der Waals surface area contributed by atoms with Gasteiger partial charge in [0.15, 0.2) is 0 Å². The third-order valence-corrected chi connectivity index (χ3v) is 4.04. The number of anilines is 1. The number of hydrogen-bond donors (Lipinski definition) is 2. The molecule has 0 saturated heterocycles. The van der Waals surface area contributed by atoms with Gasteiger partial charge in [-0.1, -0.05) is 27.5 Å². The third-order valence-electron chi connectivity index (χ3n) is 2.28. The molecule has 0 aliphatic rings. The molecule has 0 radical (unpaired) electrons. The third kappa shape index (κ3) is 3.25. The van der Waals surface area contributed by atoms with Gasteiger partial charge in [0.25, 0.3) is 0 Å². The van der Waals surface area contributed by atoms with Crippen LogP contribution in [0.4, 0.5) is 5.69 Å². The average Bonchev–Trinajstić information content (AvgIpc) is 2.79. The van der Waals surface area contributed by atoms with Crippen molar-refractivity contribution >= 4 is 50.5 Å². The highest BCUT2D eigenvalue weighted by atomic mass is 79.9. The molecule has 2 N–H and O–H groups in total. The molecule has 2 rings (SSSR count). The van der Waals surface area contributed by atoms with Crippen molar-refractivity contribution in [2.24, 2.45) is 0 Å².